The van der Waals surface area contributed by atoms with Crippen molar-refractivity contribution in [3.05, 3.63) is 0 Å². The first-order chi connectivity index (χ1) is 19.3. The summed E-state index contributed by atoms with van der Waals surface area (Å²) in [4.78, 5) is 5.76. The number of nitrogens with zero attached hydrogens (tertiary/aromatic N) is 2. The summed E-state index contributed by atoms with van der Waals surface area (Å²) in [5.41, 5.74) is 0. The molecule has 1 saturated carbocycles. The van der Waals surface area contributed by atoms with E-state index in [9.17, 15) is 0 Å². The summed E-state index contributed by atoms with van der Waals surface area (Å²) in [6.07, 6.45) is 39.0. The molecule has 0 N–H and O–H groups in total. The van der Waals surface area contributed by atoms with E-state index in [0.29, 0.717) is 0 Å². The van der Waals surface area contributed by atoms with Crippen LogP contribution in [0.4, 0.5) is 0 Å². The Balaban J connectivity index is 2.45. The predicted molar refractivity (Wildman–Crippen MR) is 178 cm³/mol. The van der Waals surface area contributed by atoms with E-state index >= 15 is 0 Å². The van der Waals surface area contributed by atoms with Crippen LogP contribution in [-0.4, -0.2) is 49.1 Å². The highest BCUT2D eigenvalue weighted by Gasteiger charge is 2.16. The molecule has 0 saturated heterocycles. The highest BCUT2D eigenvalue weighted by Crippen LogP contribution is 2.26. The summed E-state index contributed by atoms with van der Waals surface area (Å²) in [6, 6.07) is 0. The maximum absolute atomic E-state index is 2.89. The average molecular weight is 549 g/mol. The van der Waals surface area contributed by atoms with Crippen molar-refractivity contribution in [2.75, 3.05) is 39.3 Å². The van der Waals surface area contributed by atoms with Crippen LogP contribution in [0.3, 0.4) is 0 Å². The molecular weight excluding hydrogens is 472 g/mol. The van der Waals surface area contributed by atoms with Crippen molar-refractivity contribution in [3.63, 3.8) is 0 Å². The van der Waals surface area contributed by atoms with Crippen LogP contribution in [0.1, 0.15) is 194 Å². The van der Waals surface area contributed by atoms with Gasteiger partial charge in [0.05, 0.1) is 0 Å². The Morgan fingerprint density at radius 2 is 0.692 bits per heavy atom. The summed E-state index contributed by atoms with van der Waals surface area (Å²) in [7, 11) is 0. The Labute approximate surface area is 248 Å². The van der Waals surface area contributed by atoms with Crippen LogP contribution in [0, 0.1) is 5.92 Å². The van der Waals surface area contributed by atoms with Crippen LogP contribution in [-0.2, 0) is 0 Å². The highest BCUT2D eigenvalue weighted by atomic mass is 15.2. The smallest absolute Gasteiger partial charge is 0.0109 e. The van der Waals surface area contributed by atoms with Crippen molar-refractivity contribution >= 4 is 0 Å². The molecule has 0 heterocycles. The summed E-state index contributed by atoms with van der Waals surface area (Å²) in [6.45, 7) is 15.0. The normalized spacial score (nSPS) is 14.7. The molecule has 1 aliphatic carbocycles. The van der Waals surface area contributed by atoms with Crippen LogP contribution in [0.5, 0.6) is 0 Å². The van der Waals surface area contributed by atoms with Gasteiger partial charge < -0.3 is 9.80 Å². The standard InChI is InChI=1S/C37H76N2/c1-4-7-10-13-16-19-25-31-38(32-26-20-17-14-11-8-5-2)35-36-39(33-27-21-18-15-12-9-6-3)34-30-37-28-23-22-24-29-37/h37H,4-36H2,1-3H3. The minimum atomic E-state index is 1.02. The molecule has 2 nitrogen and oxygen atoms in total. The third-order valence-corrected chi connectivity index (χ3v) is 9.54. The van der Waals surface area contributed by atoms with Crippen LogP contribution in [0.25, 0.3) is 0 Å². The first-order valence-corrected chi connectivity index (χ1v) is 18.7. The summed E-state index contributed by atoms with van der Waals surface area (Å²) in [5.74, 6) is 1.02. The second kappa shape index (κ2) is 29.4. The van der Waals surface area contributed by atoms with E-state index in [2.05, 4.69) is 30.6 Å². The van der Waals surface area contributed by atoms with Gasteiger partial charge in [-0.2, -0.15) is 0 Å². The van der Waals surface area contributed by atoms with Crippen molar-refractivity contribution in [2.45, 2.75) is 194 Å². The van der Waals surface area contributed by atoms with Gasteiger partial charge in [-0.1, -0.05) is 168 Å². The van der Waals surface area contributed by atoms with E-state index < -0.39 is 0 Å². The number of unbranched alkanes of at least 4 members (excludes halogenated alkanes) is 18. The maximum Gasteiger partial charge on any atom is 0.0109 e. The van der Waals surface area contributed by atoms with E-state index in [1.807, 2.05) is 0 Å². The lowest BCUT2D eigenvalue weighted by atomic mass is 9.87. The average Bonchev–Trinajstić information content (AvgIpc) is 2.96. The largest absolute Gasteiger partial charge is 0.302 e. The first-order valence-electron chi connectivity index (χ1n) is 18.7. The molecule has 0 radical (unpaired) electrons. The molecule has 0 aliphatic heterocycles. The van der Waals surface area contributed by atoms with Crippen molar-refractivity contribution < 1.29 is 0 Å². The second-order valence-corrected chi connectivity index (χ2v) is 13.3. The van der Waals surface area contributed by atoms with E-state index in [1.54, 1.807) is 0 Å². The molecule has 0 atom stereocenters. The van der Waals surface area contributed by atoms with Gasteiger partial charge in [-0.25, -0.2) is 0 Å². The molecule has 1 fully saturated rings. The van der Waals surface area contributed by atoms with Crippen molar-refractivity contribution in [2.24, 2.45) is 5.92 Å². The van der Waals surface area contributed by atoms with Gasteiger partial charge in [0.15, 0.2) is 0 Å². The van der Waals surface area contributed by atoms with Crippen molar-refractivity contribution in [3.8, 4) is 0 Å². The van der Waals surface area contributed by atoms with Crippen LogP contribution in [0.15, 0.2) is 0 Å². The lowest BCUT2D eigenvalue weighted by Crippen LogP contribution is -2.37. The van der Waals surface area contributed by atoms with Gasteiger partial charge in [0, 0.05) is 13.1 Å². The summed E-state index contributed by atoms with van der Waals surface area (Å²) in [5, 5.41) is 0. The molecule has 0 aromatic carbocycles. The van der Waals surface area contributed by atoms with Gasteiger partial charge in [-0.05, 0) is 57.8 Å². The molecule has 0 aromatic heterocycles. The van der Waals surface area contributed by atoms with E-state index in [1.165, 1.54) is 213 Å². The zero-order chi connectivity index (χ0) is 28.1. The molecule has 234 valence electrons. The second-order valence-electron chi connectivity index (χ2n) is 13.3. The first kappa shape index (κ1) is 36.9. The molecule has 1 rings (SSSR count). The van der Waals surface area contributed by atoms with Crippen molar-refractivity contribution in [1.82, 2.24) is 9.80 Å². The Kier molecular flexibility index (Phi) is 27.9. The third kappa shape index (κ3) is 24.2. The van der Waals surface area contributed by atoms with Gasteiger partial charge in [-0.3, -0.25) is 0 Å². The number of hydrogen-bond acceptors (Lipinski definition) is 2. The fraction of sp³-hybridized carbons (Fsp3) is 1.00. The maximum atomic E-state index is 2.89. The van der Waals surface area contributed by atoms with E-state index in [4.69, 9.17) is 0 Å². The predicted octanol–water partition coefficient (Wildman–Crippen LogP) is 11.8. The zero-order valence-corrected chi connectivity index (χ0v) is 27.8. The van der Waals surface area contributed by atoms with Gasteiger partial charge in [-0.15, -0.1) is 0 Å². The SMILES string of the molecule is CCCCCCCCCN(CCCCCCCCC)CCN(CCCCCCCCC)CCC1CCCCC1. The minimum Gasteiger partial charge on any atom is -0.302 e. The van der Waals surface area contributed by atoms with Gasteiger partial charge in [0.1, 0.15) is 0 Å². The van der Waals surface area contributed by atoms with E-state index in [-0.39, 0.29) is 0 Å². The van der Waals surface area contributed by atoms with Gasteiger partial charge in [0.2, 0.25) is 0 Å². The molecule has 0 spiro atoms. The number of rotatable bonds is 30. The van der Waals surface area contributed by atoms with Crippen molar-refractivity contribution in [1.29, 1.82) is 0 Å². The lowest BCUT2D eigenvalue weighted by Gasteiger charge is -2.30. The summed E-state index contributed by atoms with van der Waals surface area (Å²) < 4.78 is 0. The number of hydrogen-bond donors (Lipinski definition) is 0. The van der Waals surface area contributed by atoms with Gasteiger partial charge >= 0.3 is 0 Å². The van der Waals surface area contributed by atoms with Crippen LogP contribution >= 0.6 is 0 Å². The molecule has 0 amide bonds. The molecule has 0 aromatic rings. The third-order valence-electron chi connectivity index (χ3n) is 9.54. The molecule has 2 heteroatoms. The van der Waals surface area contributed by atoms with Crippen LogP contribution in [0.2, 0.25) is 0 Å². The highest BCUT2D eigenvalue weighted by molar-refractivity contribution is 4.70. The van der Waals surface area contributed by atoms with Crippen LogP contribution < -0.4 is 0 Å². The summed E-state index contributed by atoms with van der Waals surface area (Å²) >= 11 is 0. The fourth-order valence-corrected chi connectivity index (χ4v) is 6.67. The fourth-order valence-electron chi connectivity index (χ4n) is 6.67. The monoisotopic (exact) mass is 549 g/mol. The Bertz CT molecular complexity index is 440. The molecule has 39 heavy (non-hydrogen) atoms. The quantitative estimate of drug-likeness (QED) is 0.0823. The molecule has 0 bridgehead atoms. The minimum absolute atomic E-state index is 1.02. The Morgan fingerprint density at radius 1 is 0.359 bits per heavy atom. The Morgan fingerprint density at radius 3 is 1.08 bits per heavy atom. The molecule has 0 unspecified atom stereocenters. The molecule has 1 aliphatic rings. The van der Waals surface area contributed by atoms with Gasteiger partial charge in [0.25, 0.3) is 0 Å². The van der Waals surface area contributed by atoms with E-state index in [0.717, 1.165) is 5.92 Å². The zero-order valence-electron chi connectivity index (χ0n) is 27.8. The molecular formula is C37H76N2. The topological polar surface area (TPSA) is 6.48 Å². The lowest BCUT2D eigenvalue weighted by molar-refractivity contribution is 0.181. The Hall–Kier alpha value is -0.0800.